The first-order chi connectivity index (χ1) is 14.5. The van der Waals surface area contributed by atoms with Gasteiger partial charge in [0, 0.05) is 37.3 Å². The Morgan fingerprint density at radius 1 is 1.10 bits per heavy atom. The summed E-state index contributed by atoms with van der Waals surface area (Å²) in [5.41, 5.74) is 2.56. The molecule has 1 aromatic carbocycles. The molecule has 7 nitrogen and oxygen atoms in total. The van der Waals surface area contributed by atoms with Crippen LogP contribution in [0.2, 0.25) is 5.02 Å². The minimum Gasteiger partial charge on any atom is -0.339 e. The molecule has 1 atom stereocenters. The third-order valence-corrected chi connectivity index (χ3v) is 6.11. The maximum atomic E-state index is 13.1. The van der Waals surface area contributed by atoms with Gasteiger partial charge in [0.15, 0.2) is 0 Å². The van der Waals surface area contributed by atoms with Gasteiger partial charge in [0.2, 0.25) is 0 Å². The summed E-state index contributed by atoms with van der Waals surface area (Å²) in [4.78, 5) is 21.7. The molecule has 1 fully saturated rings. The first-order valence-corrected chi connectivity index (χ1v) is 10.7. The third kappa shape index (κ3) is 3.13. The number of carbonyl (C=O) groups excluding carboxylic acids is 1. The number of fused-ring (bicyclic) bond motifs is 3. The summed E-state index contributed by atoms with van der Waals surface area (Å²) in [6.45, 7) is 6.40. The van der Waals surface area contributed by atoms with Gasteiger partial charge in [-0.2, -0.15) is 0 Å². The number of likely N-dealkylation sites (tertiary alicyclic amines) is 1. The molecule has 0 spiro atoms. The number of pyridine rings is 1. The van der Waals surface area contributed by atoms with Gasteiger partial charge in [0.1, 0.15) is 17.5 Å². The Balaban J connectivity index is 1.67. The molecule has 0 bridgehead atoms. The molecule has 8 heteroatoms. The van der Waals surface area contributed by atoms with Crippen molar-refractivity contribution in [2.45, 2.75) is 32.6 Å². The quantitative estimate of drug-likeness (QED) is 0.621. The number of aromatic nitrogens is 4. The summed E-state index contributed by atoms with van der Waals surface area (Å²) < 4.78 is 2.08. The van der Waals surface area contributed by atoms with Crippen molar-refractivity contribution in [3.63, 3.8) is 0 Å². The first kappa shape index (κ1) is 19.1. The second-order valence-corrected chi connectivity index (χ2v) is 8.43. The summed E-state index contributed by atoms with van der Waals surface area (Å²) in [6.07, 6.45) is 3.78. The summed E-state index contributed by atoms with van der Waals surface area (Å²) >= 11 is 6.07. The summed E-state index contributed by atoms with van der Waals surface area (Å²) in [5.74, 6) is 2.72. The minimum absolute atomic E-state index is 0.0808. The first-order valence-electron chi connectivity index (χ1n) is 10.3. The highest BCUT2D eigenvalue weighted by atomic mass is 35.5. The minimum atomic E-state index is 0.0808. The molecule has 2 aliphatic heterocycles. The zero-order valence-corrected chi connectivity index (χ0v) is 17.8. The second-order valence-electron chi connectivity index (χ2n) is 7.99. The van der Waals surface area contributed by atoms with Crippen molar-refractivity contribution in [2.75, 3.05) is 24.5 Å². The highest BCUT2D eigenvalue weighted by Crippen LogP contribution is 2.38. The topological polar surface area (TPSA) is 67.2 Å². The molecule has 0 radical (unpaired) electrons. The van der Waals surface area contributed by atoms with Crippen LogP contribution < -0.4 is 4.90 Å². The van der Waals surface area contributed by atoms with Crippen LogP contribution >= 0.6 is 11.6 Å². The average Bonchev–Trinajstić information content (AvgIpc) is 3.39. The molecular weight excluding hydrogens is 400 g/mol. The van der Waals surface area contributed by atoms with E-state index in [2.05, 4.69) is 31.6 Å². The smallest absolute Gasteiger partial charge is 0.253 e. The van der Waals surface area contributed by atoms with Gasteiger partial charge in [-0.05, 0) is 50.1 Å². The van der Waals surface area contributed by atoms with Crippen LogP contribution in [0.3, 0.4) is 0 Å². The number of amides is 1. The Bertz CT molecular complexity index is 1100. The monoisotopic (exact) mass is 422 g/mol. The number of hydrogen-bond donors (Lipinski definition) is 0. The van der Waals surface area contributed by atoms with Gasteiger partial charge in [-0.15, -0.1) is 10.2 Å². The SMILES string of the molecule is Cc1nnc2n1-c1ccc(C(=O)N3CCCC3)cc1N(c1ccc(Cl)cn1)C[C@H]2C. The lowest BCUT2D eigenvalue weighted by Crippen LogP contribution is -2.28. The lowest BCUT2D eigenvalue weighted by Gasteiger charge is -2.26. The van der Waals surface area contributed by atoms with E-state index < -0.39 is 0 Å². The van der Waals surface area contributed by atoms with Gasteiger partial charge in [-0.3, -0.25) is 9.36 Å². The fourth-order valence-corrected chi connectivity index (χ4v) is 4.47. The van der Waals surface area contributed by atoms with Crippen molar-refractivity contribution in [3.05, 3.63) is 58.8 Å². The Labute approximate surface area is 180 Å². The molecule has 5 rings (SSSR count). The lowest BCUT2D eigenvalue weighted by molar-refractivity contribution is 0.0793. The van der Waals surface area contributed by atoms with Crippen molar-refractivity contribution >= 4 is 29.0 Å². The number of aryl methyl sites for hydroxylation is 1. The highest BCUT2D eigenvalue weighted by Gasteiger charge is 2.30. The molecule has 1 saturated heterocycles. The van der Waals surface area contributed by atoms with Crippen LogP contribution in [0.15, 0.2) is 36.5 Å². The molecule has 154 valence electrons. The van der Waals surface area contributed by atoms with Gasteiger partial charge in [0.25, 0.3) is 5.91 Å². The van der Waals surface area contributed by atoms with Crippen LogP contribution in [-0.2, 0) is 0 Å². The van der Waals surface area contributed by atoms with Crippen LogP contribution in [0, 0.1) is 6.92 Å². The second kappa shape index (κ2) is 7.40. The summed E-state index contributed by atoms with van der Waals surface area (Å²) in [7, 11) is 0. The fourth-order valence-electron chi connectivity index (χ4n) is 4.36. The Kier molecular flexibility index (Phi) is 4.70. The van der Waals surface area contributed by atoms with E-state index in [4.69, 9.17) is 11.6 Å². The zero-order valence-electron chi connectivity index (χ0n) is 17.0. The number of hydrogen-bond acceptors (Lipinski definition) is 5. The van der Waals surface area contributed by atoms with Crippen molar-refractivity contribution in [2.24, 2.45) is 0 Å². The predicted octanol–water partition coefficient (Wildman–Crippen LogP) is 4.12. The van der Waals surface area contributed by atoms with E-state index in [1.807, 2.05) is 42.2 Å². The normalized spacial score (nSPS) is 18.2. The van der Waals surface area contributed by atoms with E-state index in [9.17, 15) is 4.79 Å². The summed E-state index contributed by atoms with van der Waals surface area (Å²) in [5, 5.41) is 9.32. The van der Waals surface area contributed by atoms with Crippen molar-refractivity contribution in [1.29, 1.82) is 0 Å². The van der Waals surface area contributed by atoms with Gasteiger partial charge in [-0.25, -0.2) is 4.98 Å². The molecule has 3 aromatic rings. The van der Waals surface area contributed by atoms with E-state index in [0.717, 1.165) is 54.8 Å². The molecule has 2 aliphatic rings. The van der Waals surface area contributed by atoms with Gasteiger partial charge < -0.3 is 9.80 Å². The van der Waals surface area contributed by atoms with E-state index in [1.54, 1.807) is 6.20 Å². The maximum Gasteiger partial charge on any atom is 0.253 e. The molecule has 30 heavy (non-hydrogen) atoms. The van der Waals surface area contributed by atoms with Gasteiger partial charge >= 0.3 is 0 Å². The van der Waals surface area contributed by atoms with Gasteiger partial charge in [0.05, 0.1) is 16.4 Å². The lowest BCUT2D eigenvalue weighted by atomic mass is 10.1. The van der Waals surface area contributed by atoms with Gasteiger partial charge in [-0.1, -0.05) is 18.5 Å². The van der Waals surface area contributed by atoms with Crippen LogP contribution in [-0.4, -0.2) is 50.2 Å². The molecule has 1 amide bonds. The largest absolute Gasteiger partial charge is 0.339 e. The molecule has 0 saturated carbocycles. The maximum absolute atomic E-state index is 13.1. The summed E-state index contributed by atoms with van der Waals surface area (Å²) in [6, 6.07) is 9.63. The van der Waals surface area contributed by atoms with Crippen molar-refractivity contribution < 1.29 is 4.79 Å². The predicted molar refractivity (Wildman–Crippen MR) is 116 cm³/mol. The molecule has 0 unspecified atom stereocenters. The van der Waals surface area contributed by atoms with Crippen molar-refractivity contribution in [3.8, 4) is 5.69 Å². The number of rotatable bonds is 2. The van der Waals surface area contributed by atoms with Crippen LogP contribution in [0.5, 0.6) is 0 Å². The molecule has 0 N–H and O–H groups in total. The molecular formula is C22H23ClN6O. The highest BCUT2D eigenvalue weighted by molar-refractivity contribution is 6.30. The molecule has 4 heterocycles. The average molecular weight is 423 g/mol. The zero-order chi connectivity index (χ0) is 20.8. The van der Waals surface area contributed by atoms with E-state index in [-0.39, 0.29) is 11.8 Å². The van der Waals surface area contributed by atoms with Crippen LogP contribution in [0.1, 0.15) is 47.7 Å². The van der Waals surface area contributed by atoms with E-state index >= 15 is 0 Å². The Morgan fingerprint density at radius 3 is 2.63 bits per heavy atom. The standard InChI is InChI=1S/C22H23ClN6O/c1-14-13-28(20-8-6-17(23)12-24-20)19-11-16(22(30)27-9-3-4-10-27)5-7-18(19)29-15(2)25-26-21(14)29/h5-8,11-12,14H,3-4,9-10,13H2,1-2H3/t14-/m1/s1. The Hall–Kier alpha value is -2.93. The number of anilines is 2. The Morgan fingerprint density at radius 2 is 1.90 bits per heavy atom. The third-order valence-electron chi connectivity index (χ3n) is 5.88. The fraction of sp³-hybridized carbons (Fsp3) is 0.364. The number of halogens is 1. The molecule has 2 aromatic heterocycles. The van der Waals surface area contributed by atoms with Crippen molar-refractivity contribution in [1.82, 2.24) is 24.6 Å². The number of nitrogens with zero attached hydrogens (tertiary/aromatic N) is 6. The number of benzene rings is 1. The van der Waals surface area contributed by atoms with E-state index in [1.165, 1.54) is 0 Å². The van der Waals surface area contributed by atoms with Crippen LogP contribution in [0.4, 0.5) is 11.5 Å². The number of carbonyl (C=O) groups is 1. The van der Waals surface area contributed by atoms with Crippen LogP contribution in [0.25, 0.3) is 5.69 Å². The molecule has 0 aliphatic carbocycles. The van der Waals surface area contributed by atoms with E-state index in [0.29, 0.717) is 17.1 Å².